The number of aromatic nitrogens is 2. The maximum absolute atomic E-state index is 13.3. The minimum Gasteiger partial charge on any atom is -0.363 e. The van der Waals surface area contributed by atoms with Crippen molar-refractivity contribution in [2.24, 2.45) is 0 Å². The van der Waals surface area contributed by atoms with Gasteiger partial charge in [-0.2, -0.15) is 9.37 Å². The summed E-state index contributed by atoms with van der Waals surface area (Å²) in [6.07, 6.45) is 3.26. The van der Waals surface area contributed by atoms with Gasteiger partial charge in [0.05, 0.1) is 0 Å². The number of rotatable bonds is 3. The monoisotopic (exact) mass is 253 g/mol. The van der Waals surface area contributed by atoms with Crippen LogP contribution in [-0.2, 0) is 6.54 Å². The molecule has 0 bridgehead atoms. The lowest BCUT2D eigenvalue weighted by Gasteiger charge is -2.08. The molecule has 2 aromatic rings. The number of nitrogens with one attached hydrogen (secondary N) is 1. The summed E-state index contributed by atoms with van der Waals surface area (Å²) in [4.78, 5) is 7.09. The first-order valence-corrected chi connectivity index (χ1v) is 5.23. The van der Waals surface area contributed by atoms with E-state index in [0.717, 1.165) is 11.1 Å². The van der Waals surface area contributed by atoms with E-state index in [1.165, 1.54) is 0 Å². The molecule has 0 unspecified atom stereocenters. The first-order chi connectivity index (χ1) is 8.58. The van der Waals surface area contributed by atoms with Gasteiger partial charge in [-0.3, -0.25) is 4.98 Å². The molecule has 94 valence electrons. The highest BCUT2D eigenvalue weighted by atomic mass is 19.2. The first-order valence-electron chi connectivity index (χ1n) is 5.23. The molecular formula is C12H10F3N3. The van der Waals surface area contributed by atoms with Gasteiger partial charge >= 0.3 is 0 Å². The fourth-order valence-electron chi connectivity index (χ4n) is 1.45. The van der Waals surface area contributed by atoms with Crippen molar-refractivity contribution in [2.45, 2.75) is 13.5 Å². The molecule has 0 atom stereocenters. The molecule has 0 saturated heterocycles. The van der Waals surface area contributed by atoms with E-state index >= 15 is 0 Å². The molecule has 2 heterocycles. The third-order valence-corrected chi connectivity index (χ3v) is 2.47. The highest BCUT2D eigenvalue weighted by Crippen LogP contribution is 2.15. The summed E-state index contributed by atoms with van der Waals surface area (Å²) in [7, 11) is 0. The Kier molecular flexibility index (Phi) is 3.45. The molecule has 6 heteroatoms. The van der Waals surface area contributed by atoms with Gasteiger partial charge in [0, 0.05) is 25.0 Å². The van der Waals surface area contributed by atoms with Crippen molar-refractivity contribution in [2.75, 3.05) is 5.32 Å². The van der Waals surface area contributed by atoms with Crippen molar-refractivity contribution in [3.8, 4) is 0 Å². The van der Waals surface area contributed by atoms with Crippen molar-refractivity contribution in [1.29, 1.82) is 0 Å². The number of anilines is 1. The molecule has 0 amide bonds. The van der Waals surface area contributed by atoms with Crippen molar-refractivity contribution in [1.82, 2.24) is 9.97 Å². The second-order valence-corrected chi connectivity index (χ2v) is 3.75. The smallest absolute Gasteiger partial charge is 0.251 e. The second kappa shape index (κ2) is 5.03. The standard InChI is InChI=1S/C12H10F3N3/c1-7-5-16-3-2-8(7)6-17-12-10(14)4-9(13)11(15)18-12/h2-5H,6H2,1H3,(H,17,18). The molecule has 1 N–H and O–H groups in total. The van der Waals surface area contributed by atoms with E-state index < -0.39 is 17.6 Å². The molecule has 0 saturated carbocycles. The summed E-state index contributed by atoms with van der Waals surface area (Å²) in [5.74, 6) is -3.88. The predicted octanol–water partition coefficient (Wildman–Crippen LogP) is 2.81. The summed E-state index contributed by atoms with van der Waals surface area (Å²) in [6, 6.07) is 2.21. The lowest BCUT2D eigenvalue weighted by molar-refractivity contribution is 0.466. The van der Waals surface area contributed by atoms with Crippen molar-refractivity contribution < 1.29 is 13.2 Å². The van der Waals surface area contributed by atoms with Crippen LogP contribution in [0, 0.1) is 24.5 Å². The zero-order valence-electron chi connectivity index (χ0n) is 9.54. The number of hydrogen-bond acceptors (Lipinski definition) is 3. The lowest BCUT2D eigenvalue weighted by atomic mass is 10.1. The second-order valence-electron chi connectivity index (χ2n) is 3.75. The van der Waals surface area contributed by atoms with Gasteiger partial charge in [0.15, 0.2) is 17.5 Å². The van der Waals surface area contributed by atoms with E-state index in [1.807, 2.05) is 6.92 Å². The number of halogens is 3. The Morgan fingerprint density at radius 1 is 1.22 bits per heavy atom. The predicted molar refractivity (Wildman–Crippen MR) is 60.4 cm³/mol. The van der Waals surface area contributed by atoms with Crippen LogP contribution in [0.15, 0.2) is 24.5 Å². The maximum Gasteiger partial charge on any atom is 0.251 e. The van der Waals surface area contributed by atoms with Crippen LogP contribution in [0.4, 0.5) is 19.0 Å². The van der Waals surface area contributed by atoms with Gasteiger partial charge in [-0.25, -0.2) is 8.78 Å². The normalized spacial score (nSPS) is 10.4. The third kappa shape index (κ3) is 2.58. The summed E-state index contributed by atoms with van der Waals surface area (Å²) >= 11 is 0. The fourth-order valence-corrected chi connectivity index (χ4v) is 1.45. The zero-order valence-corrected chi connectivity index (χ0v) is 9.54. The molecule has 0 radical (unpaired) electrons. The Labute approximate surface area is 102 Å². The van der Waals surface area contributed by atoms with Crippen LogP contribution in [-0.4, -0.2) is 9.97 Å². The molecular weight excluding hydrogens is 243 g/mol. The van der Waals surface area contributed by atoms with Crippen LogP contribution in [0.25, 0.3) is 0 Å². The molecule has 2 rings (SSSR count). The molecule has 0 aromatic carbocycles. The summed E-state index contributed by atoms with van der Waals surface area (Å²) in [5, 5.41) is 2.62. The molecule has 0 fully saturated rings. The number of pyridine rings is 2. The van der Waals surface area contributed by atoms with Crippen LogP contribution in [0.1, 0.15) is 11.1 Å². The van der Waals surface area contributed by atoms with Crippen LogP contribution < -0.4 is 5.32 Å². The van der Waals surface area contributed by atoms with E-state index in [0.29, 0.717) is 6.07 Å². The average Bonchev–Trinajstić information content (AvgIpc) is 2.34. The van der Waals surface area contributed by atoms with Gasteiger partial charge in [0.25, 0.3) is 5.95 Å². The SMILES string of the molecule is Cc1cnccc1CNc1nc(F)c(F)cc1F. The highest BCUT2D eigenvalue weighted by molar-refractivity contribution is 5.38. The third-order valence-electron chi connectivity index (χ3n) is 2.47. The minimum absolute atomic E-state index is 0.253. The van der Waals surface area contributed by atoms with E-state index in [2.05, 4.69) is 15.3 Å². The topological polar surface area (TPSA) is 37.8 Å². The summed E-state index contributed by atoms with van der Waals surface area (Å²) in [6.45, 7) is 2.10. The molecule has 0 aliphatic carbocycles. The molecule has 0 aliphatic rings. The van der Waals surface area contributed by atoms with E-state index in [4.69, 9.17) is 0 Å². The summed E-state index contributed by atoms with van der Waals surface area (Å²) < 4.78 is 38.8. The number of nitrogens with zero attached hydrogens (tertiary/aromatic N) is 2. The molecule has 0 aliphatic heterocycles. The van der Waals surface area contributed by atoms with E-state index in [-0.39, 0.29) is 12.4 Å². The Morgan fingerprint density at radius 2 is 2.00 bits per heavy atom. The average molecular weight is 253 g/mol. The van der Waals surface area contributed by atoms with Gasteiger partial charge in [-0.1, -0.05) is 0 Å². The van der Waals surface area contributed by atoms with E-state index in [1.54, 1.807) is 18.5 Å². The quantitative estimate of drug-likeness (QED) is 0.855. The Balaban J connectivity index is 2.16. The Hall–Kier alpha value is -2.11. The largest absolute Gasteiger partial charge is 0.363 e. The summed E-state index contributed by atoms with van der Waals surface area (Å²) in [5.41, 5.74) is 1.78. The van der Waals surface area contributed by atoms with Crippen LogP contribution in [0.3, 0.4) is 0 Å². The van der Waals surface area contributed by atoms with Crippen molar-refractivity contribution in [3.63, 3.8) is 0 Å². The highest BCUT2D eigenvalue weighted by Gasteiger charge is 2.11. The Morgan fingerprint density at radius 3 is 2.72 bits per heavy atom. The van der Waals surface area contributed by atoms with Crippen LogP contribution in [0.5, 0.6) is 0 Å². The van der Waals surface area contributed by atoms with Crippen molar-refractivity contribution >= 4 is 5.82 Å². The van der Waals surface area contributed by atoms with Crippen LogP contribution >= 0.6 is 0 Å². The Bertz CT molecular complexity index is 572. The molecule has 18 heavy (non-hydrogen) atoms. The fraction of sp³-hybridized carbons (Fsp3) is 0.167. The van der Waals surface area contributed by atoms with Gasteiger partial charge in [0.2, 0.25) is 0 Å². The molecule has 3 nitrogen and oxygen atoms in total. The van der Waals surface area contributed by atoms with Crippen molar-refractivity contribution in [3.05, 3.63) is 53.2 Å². The van der Waals surface area contributed by atoms with Gasteiger partial charge in [0.1, 0.15) is 0 Å². The maximum atomic E-state index is 13.3. The molecule has 2 aromatic heterocycles. The van der Waals surface area contributed by atoms with Crippen LogP contribution in [0.2, 0.25) is 0 Å². The minimum atomic E-state index is -1.33. The van der Waals surface area contributed by atoms with Gasteiger partial charge in [-0.15, -0.1) is 0 Å². The lowest BCUT2D eigenvalue weighted by Crippen LogP contribution is -2.07. The zero-order chi connectivity index (χ0) is 13.1. The van der Waals surface area contributed by atoms with E-state index in [9.17, 15) is 13.2 Å². The van der Waals surface area contributed by atoms with Gasteiger partial charge < -0.3 is 5.32 Å². The number of hydrogen-bond donors (Lipinski definition) is 1. The number of aryl methyl sites for hydroxylation is 1. The first kappa shape index (κ1) is 12.3. The molecule has 0 spiro atoms. The van der Waals surface area contributed by atoms with Gasteiger partial charge in [-0.05, 0) is 24.1 Å².